The van der Waals surface area contributed by atoms with Gasteiger partial charge in [-0.15, -0.1) is 6.58 Å². The Hall–Kier alpha value is -2.47. The van der Waals surface area contributed by atoms with Gasteiger partial charge < -0.3 is 5.32 Å². The van der Waals surface area contributed by atoms with Gasteiger partial charge >= 0.3 is 0 Å². The number of hydrogen-bond donors (Lipinski definition) is 2. The van der Waals surface area contributed by atoms with E-state index in [2.05, 4.69) is 85.8 Å². The Morgan fingerprint density at radius 3 is 1.72 bits per heavy atom. The average molecular weight is 686 g/mol. The summed E-state index contributed by atoms with van der Waals surface area (Å²) >= 11 is 3.53. The van der Waals surface area contributed by atoms with Crippen molar-refractivity contribution in [3.8, 4) is 0 Å². The van der Waals surface area contributed by atoms with Crippen molar-refractivity contribution in [1.29, 1.82) is 0 Å². The molecule has 47 heavy (non-hydrogen) atoms. The highest BCUT2D eigenvalue weighted by Gasteiger charge is 2.30. The van der Waals surface area contributed by atoms with Crippen molar-refractivity contribution in [2.24, 2.45) is 5.92 Å². The van der Waals surface area contributed by atoms with E-state index in [-0.39, 0.29) is 11.4 Å². The molecule has 1 aromatic rings. The van der Waals surface area contributed by atoms with Gasteiger partial charge in [0.2, 0.25) is 0 Å². The van der Waals surface area contributed by atoms with Crippen LogP contribution in [0, 0.1) is 18.7 Å². The second-order valence-electron chi connectivity index (χ2n) is 11.9. The SMILES string of the molecule is C=C(/C=C(C)\C=C/C)Cc1cc(F)c(C(=C)NC(C)(CCC)CCC)cc1C.C=CC.C=CC(C)(F)C(F)F.CC.CC(C)C.CS. The fourth-order valence-electron chi connectivity index (χ4n) is 3.95. The summed E-state index contributed by atoms with van der Waals surface area (Å²) in [5.41, 5.74) is 2.79. The standard InChI is InChI=1S/C26H38FN.C5H7F3.C4H10.C3H6.C2H6.CH4S/c1-9-12-19(4)15-20(5)16-23-18-25(27)24(17-21(23)6)22(7)28-26(8,13-10-2)14-11-3;1-3-5(2,8)4(6)7;1-4(2)3;1-3-2;2*1-2/h9,12,15,17-18,28H,5,7,10-11,13-14,16H2,1-4,6,8H3;3-4H,1H2,2H3;4H,1-3H3;3H,1H2,2H3;1-2H3;2H,1H3/b12-9-,19-15-;;;;;. The first-order valence-electron chi connectivity index (χ1n) is 16.7. The van der Waals surface area contributed by atoms with Crippen LogP contribution in [-0.2, 0) is 6.42 Å². The highest BCUT2D eigenvalue weighted by molar-refractivity contribution is 7.79. The van der Waals surface area contributed by atoms with Gasteiger partial charge in [0.1, 0.15) is 5.82 Å². The molecule has 1 unspecified atom stereocenters. The molecule has 1 nitrogen and oxygen atoms in total. The lowest BCUT2D eigenvalue weighted by Crippen LogP contribution is -2.40. The van der Waals surface area contributed by atoms with Crippen molar-refractivity contribution < 1.29 is 17.6 Å². The van der Waals surface area contributed by atoms with Gasteiger partial charge in [0.15, 0.2) is 5.67 Å². The monoisotopic (exact) mass is 686 g/mol. The molecule has 0 fully saturated rings. The molecule has 1 atom stereocenters. The summed E-state index contributed by atoms with van der Waals surface area (Å²) in [4.78, 5) is 0. The van der Waals surface area contributed by atoms with E-state index in [1.165, 1.54) is 0 Å². The Morgan fingerprint density at radius 2 is 1.40 bits per heavy atom. The molecule has 0 bridgehead atoms. The van der Waals surface area contributed by atoms with E-state index in [0.29, 0.717) is 23.8 Å². The molecule has 0 amide bonds. The number of hydrogen-bond acceptors (Lipinski definition) is 2. The van der Waals surface area contributed by atoms with Crippen LogP contribution in [0.25, 0.3) is 5.70 Å². The van der Waals surface area contributed by atoms with Crippen molar-refractivity contribution in [2.45, 2.75) is 140 Å². The predicted octanol–water partition coefficient (Wildman–Crippen LogP) is 14.3. The quantitative estimate of drug-likeness (QED) is 0.0911. The van der Waals surface area contributed by atoms with Crippen molar-refractivity contribution in [3.63, 3.8) is 0 Å². The Kier molecular flexibility index (Phi) is 36.9. The Labute approximate surface area is 294 Å². The summed E-state index contributed by atoms with van der Waals surface area (Å²) in [6, 6.07) is 3.55. The third-order valence-corrected chi connectivity index (χ3v) is 5.91. The highest BCUT2D eigenvalue weighted by Crippen LogP contribution is 2.27. The molecule has 1 aromatic carbocycles. The third kappa shape index (κ3) is 29.4. The number of rotatable bonds is 13. The van der Waals surface area contributed by atoms with E-state index in [1.807, 2.05) is 65.8 Å². The molecule has 0 heterocycles. The van der Waals surface area contributed by atoms with Gasteiger partial charge in [-0.2, -0.15) is 12.6 Å². The lowest BCUT2D eigenvalue weighted by Gasteiger charge is -2.33. The van der Waals surface area contributed by atoms with Crippen LogP contribution in [0.3, 0.4) is 0 Å². The fraction of sp³-hybridized carbons (Fsp3) is 0.561. The summed E-state index contributed by atoms with van der Waals surface area (Å²) in [6.07, 6.45) is 12.0. The van der Waals surface area contributed by atoms with Crippen molar-refractivity contribution in [1.82, 2.24) is 5.32 Å². The molecule has 1 rings (SSSR count). The van der Waals surface area contributed by atoms with Crippen LogP contribution in [0.4, 0.5) is 17.6 Å². The predicted molar refractivity (Wildman–Crippen MR) is 211 cm³/mol. The maximum atomic E-state index is 14.9. The van der Waals surface area contributed by atoms with E-state index >= 15 is 0 Å². The zero-order valence-electron chi connectivity index (χ0n) is 32.5. The first kappa shape index (κ1) is 54.0. The van der Waals surface area contributed by atoms with Gasteiger partial charge in [-0.25, -0.2) is 17.6 Å². The molecular formula is C41H71F4NS. The molecule has 274 valence electrons. The van der Waals surface area contributed by atoms with Crippen LogP contribution >= 0.6 is 12.6 Å². The zero-order chi connectivity index (χ0) is 38.4. The number of alkyl halides is 3. The van der Waals surface area contributed by atoms with Crippen LogP contribution in [0.2, 0.25) is 0 Å². The fourth-order valence-corrected chi connectivity index (χ4v) is 3.95. The van der Waals surface area contributed by atoms with E-state index in [9.17, 15) is 17.6 Å². The zero-order valence-corrected chi connectivity index (χ0v) is 33.4. The summed E-state index contributed by atoms with van der Waals surface area (Å²) in [5.74, 6) is 0.607. The topological polar surface area (TPSA) is 12.0 Å². The number of halogens is 4. The molecule has 0 saturated carbocycles. The number of aryl methyl sites for hydroxylation is 1. The molecule has 1 N–H and O–H groups in total. The normalized spacial score (nSPS) is 11.8. The minimum absolute atomic E-state index is 0.0526. The van der Waals surface area contributed by atoms with E-state index in [4.69, 9.17) is 0 Å². The lowest BCUT2D eigenvalue weighted by molar-refractivity contribution is 0.0108. The van der Waals surface area contributed by atoms with Crippen molar-refractivity contribution in [2.75, 3.05) is 6.26 Å². The maximum Gasteiger partial charge on any atom is 0.275 e. The van der Waals surface area contributed by atoms with Crippen molar-refractivity contribution >= 4 is 18.3 Å². The summed E-state index contributed by atoms with van der Waals surface area (Å²) in [6.45, 7) is 40.3. The molecule has 0 radical (unpaired) electrons. The molecule has 0 aliphatic heterocycles. The Balaban J connectivity index is -0.000000254. The van der Waals surface area contributed by atoms with Gasteiger partial charge in [0.25, 0.3) is 6.43 Å². The summed E-state index contributed by atoms with van der Waals surface area (Å²) in [7, 11) is 0. The van der Waals surface area contributed by atoms with Gasteiger partial charge in [-0.05, 0) is 102 Å². The molecular weight excluding hydrogens is 615 g/mol. The van der Waals surface area contributed by atoms with Crippen LogP contribution < -0.4 is 5.32 Å². The second kappa shape index (κ2) is 32.1. The first-order valence-corrected chi connectivity index (χ1v) is 17.6. The van der Waals surface area contributed by atoms with E-state index in [0.717, 1.165) is 60.8 Å². The van der Waals surface area contributed by atoms with Crippen LogP contribution in [0.5, 0.6) is 0 Å². The van der Waals surface area contributed by atoms with E-state index < -0.39 is 12.1 Å². The third-order valence-electron chi connectivity index (χ3n) is 5.91. The van der Waals surface area contributed by atoms with Crippen LogP contribution in [0.1, 0.15) is 125 Å². The maximum absolute atomic E-state index is 14.9. The molecule has 0 aliphatic rings. The molecule has 0 spiro atoms. The van der Waals surface area contributed by atoms with Crippen LogP contribution in [-0.4, -0.2) is 23.9 Å². The minimum atomic E-state index is -2.97. The van der Waals surface area contributed by atoms with Gasteiger partial charge in [-0.3, -0.25) is 0 Å². The molecule has 6 heteroatoms. The lowest BCUT2D eigenvalue weighted by atomic mass is 9.89. The average Bonchev–Trinajstić information content (AvgIpc) is 2.97. The minimum Gasteiger partial charge on any atom is -0.380 e. The Morgan fingerprint density at radius 1 is 0.979 bits per heavy atom. The Bertz CT molecular complexity index is 1030. The van der Waals surface area contributed by atoms with Crippen molar-refractivity contribution in [3.05, 3.63) is 102 Å². The summed E-state index contributed by atoms with van der Waals surface area (Å²) < 4.78 is 49.7. The molecule has 0 aromatic heterocycles. The largest absolute Gasteiger partial charge is 0.380 e. The number of thiol groups is 1. The van der Waals surface area contributed by atoms with Gasteiger partial charge in [-0.1, -0.05) is 116 Å². The van der Waals surface area contributed by atoms with E-state index in [1.54, 1.807) is 18.4 Å². The van der Waals surface area contributed by atoms with Gasteiger partial charge in [0, 0.05) is 16.8 Å². The molecule has 0 aliphatic carbocycles. The number of benzene rings is 1. The first-order chi connectivity index (χ1) is 21.8. The molecule has 0 saturated heterocycles. The number of nitrogens with one attached hydrogen (secondary N) is 1. The van der Waals surface area contributed by atoms with Gasteiger partial charge in [0.05, 0.1) is 0 Å². The smallest absolute Gasteiger partial charge is 0.275 e. The number of allylic oxidation sites excluding steroid dienone is 7. The summed E-state index contributed by atoms with van der Waals surface area (Å²) in [5, 5.41) is 3.51. The van der Waals surface area contributed by atoms with Crippen LogP contribution in [0.15, 0.2) is 80.0 Å². The second-order valence-corrected chi connectivity index (χ2v) is 11.9. The highest BCUT2D eigenvalue weighted by atomic mass is 32.1.